The van der Waals surface area contributed by atoms with Crippen molar-refractivity contribution in [3.05, 3.63) is 47.3 Å². The maximum Gasteiger partial charge on any atom is 0.333 e. The molecule has 0 amide bonds. The first-order valence-corrected chi connectivity index (χ1v) is 15.2. The number of thioether (sulfide) groups is 1. The fourth-order valence-electron chi connectivity index (χ4n) is 8.92. The lowest BCUT2D eigenvalue weighted by atomic mass is 9.45. The Kier molecular flexibility index (Phi) is 6.74. The Hall–Kier alpha value is -2.56. The van der Waals surface area contributed by atoms with Gasteiger partial charge >= 0.3 is 5.97 Å². The Bertz CT molecular complexity index is 1380. The van der Waals surface area contributed by atoms with Gasteiger partial charge < -0.3 is 14.6 Å². The number of carbonyl (C=O) groups is 2. The molecule has 10 heteroatoms. The van der Waals surface area contributed by atoms with E-state index in [4.69, 9.17) is 9.47 Å². The van der Waals surface area contributed by atoms with Crippen LogP contribution in [0.25, 0.3) is 11.8 Å². The number of rotatable bonds is 5. The molecule has 2 heterocycles. The Morgan fingerprint density at radius 1 is 1.25 bits per heavy atom. The van der Waals surface area contributed by atoms with Crippen molar-refractivity contribution in [2.24, 2.45) is 28.6 Å². The summed E-state index contributed by atoms with van der Waals surface area (Å²) in [4.78, 5) is 30.0. The van der Waals surface area contributed by atoms with Crippen molar-refractivity contribution in [1.82, 2.24) is 14.8 Å². The van der Waals surface area contributed by atoms with Crippen molar-refractivity contribution in [3.8, 4) is 5.69 Å². The average molecular weight is 570 g/mol. The number of fused-ring (bicyclic) bond motifs is 6. The minimum atomic E-state index is -1.28. The zero-order chi connectivity index (χ0) is 28.4. The lowest BCUT2D eigenvalue weighted by molar-refractivity contribution is -0.198. The number of hydrogen-bond donors (Lipinski definition) is 1. The van der Waals surface area contributed by atoms with Gasteiger partial charge in [0.25, 0.3) is 0 Å². The molecule has 3 fully saturated rings. The number of halogens is 1. The highest BCUT2D eigenvalue weighted by atomic mass is 32.2. The van der Waals surface area contributed by atoms with Gasteiger partial charge in [0.05, 0.1) is 29.9 Å². The Balaban J connectivity index is 1.35. The van der Waals surface area contributed by atoms with Crippen LogP contribution < -0.4 is 0 Å². The van der Waals surface area contributed by atoms with Gasteiger partial charge in [-0.25, -0.2) is 14.5 Å². The molecule has 1 N–H and O–H groups in total. The number of nitrogens with zero attached hydrogens (tertiary/aromatic N) is 3. The van der Waals surface area contributed by atoms with E-state index in [9.17, 15) is 19.1 Å². The lowest BCUT2D eigenvalue weighted by Crippen LogP contribution is -2.62. The van der Waals surface area contributed by atoms with Crippen LogP contribution in [0.15, 0.2) is 30.1 Å². The molecule has 0 saturated heterocycles. The quantitative estimate of drug-likeness (QED) is 0.418. The van der Waals surface area contributed by atoms with Crippen LogP contribution in [0.1, 0.15) is 57.2 Å². The molecule has 0 aromatic carbocycles. The van der Waals surface area contributed by atoms with Crippen LogP contribution in [-0.2, 0) is 25.5 Å². The lowest BCUT2D eigenvalue weighted by Gasteiger charge is -2.60. The molecule has 40 heavy (non-hydrogen) atoms. The molecular weight excluding hydrogens is 533 g/mol. The van der Waals surface area contributed by atoms with Crippen LogP contribution >= 0.6 is 11.8 Å². The third-order valence-electron chi connectivity index (χ3n) is 10.6. The monoisotopic (exact) mass is 569 g/mol. The van der Waals surface area contributed by atoms with Crippen LogP contribution in [0.3, 0.4) is 0 Å². The number of aliphatic hydroxyl groups is 1. The van der Waals surface area contributed by atoms with E-state index in [1.807, 2.05) is 17.8 Å². The van der Waals surface area contributed by atoms with Crippen LogP contribution in [0.5, 0.6) is 0 Å². The summed E-state index contributed by atoms with van der Waals surface area (Å²) in [6.07, 6.45) is 10.7. The zero-order valence-corrected chi connectivity index (χ0v) is 24.2. The SMILES string of the molecule is COCC(=O)O[C@]1(C(=O)SC)CC[C@H]2[C@@H]3CCC4=Cc5c(cnn5-c5ccc(F)nc5)C[C@]4(C)[C@H]3[C@@H](O)C[C@@]21C. The largest absolute Gasteiger partial charge is 0.448 e. The van der Waals surface area contributed by atoms with Crippen LogP contribution in [0.4, 0.5) is 4.39 Å². The number of ether oxygens (including phenoxy) is 2. The third kappa shape index (κ3) is 3.85. The molecular formula is C30H36FN3O5S. The average Bonchev–Trinajstić information content (AvgIpc) is 3.44. The molecule has 2 aromatic heterocycles. The highest BCUT2D eigenvalue weighted by Crippen LogP contribution is 2.68. The predicted octanol–water partition coefficient (Wildman–Crippen LogP) is 4.38. The zero-order valence-electron chi connectivity index (χ0n) is 23.4. The number of carbonyl (C=O) groups excluding carboxylic acids is 2. The van der Waals surface area contributed by atoms with E-state index in [1.165, 1.54) is 24.9 Å². The summed E-state index contributed by atoms with van der Waals surface area (Å²) in [6, 6.07) is 3.01. The standard InChI is InChI=1S/C30H36FN3O5S/c1-28-12-17-14-33-34(19-6-8-24(31)32-15-19)22(17)11-18(28)5-7-20-21-9-10-30(27(37)40-4,39-25(36)16-38-3)29(21,2)13-23(35)26(20)28/h6,8,11,14-15,20-21,23,26,35H,5,7,9-10,12-13,16H2,1-4H3/t20-,21-,23-,26+,28-,29-,30-/m0/s1. The first-order chi connectivity index (χ1) is 19.1. The maximum atomic E-state index is 13.5. The molecule has 4 aliphatic carbocycles. The Morgan fingerprint density at radius 2 is 2.05 bits per heavy atom. The summed E-state index contributed by atoms with van der Waals surface area (Å²) >= 11 is 1.09. The van der Waals surface area contributed by atoms with Gasteiger partial charge in [-0.2, -0.15) is 9.49 Å². The molecule has 8 nitrogen and oxygen atoms in total. The van der Waals surface area contributed by atoms with Crippen LogP contribution in [0.2, 0.25) is 0 Å². The summed E-state index contributed by atoms with van der Waals surface area (Å²) in [5, 5.41) is 16.4. The predicted molar refractivity (Wildman–Crippen MR) is 148 cm³/mol. The van der Waals surface area contributed by atoms with E-state index in [0.29, 0.717) is 18.5 Å². The van der Waals surface area contributed by atoms with Gasteiger partial charge in [-0.15, -0.1) is 0 Å². The van der Waals surface area contributed by atoms with Gasteiger partial charge in [-0.1, -0.05) is 31.2 Å². The van der Waals surface area contributed by atoms with E-state index in [2.05, 4.69) is 23.1 Å². The summed E-state index contributed by atoms with van der Waals surface area (Å²) in [5.74, 6) is -0.746. The fourth-order valence-corrected chi connectivity index (χ4v) is 9.63. The minimum absolute atomic E-state index is 0.00409. The molecule has 214 valence electrons. The van der Waals surface area contributed by atoms with Crippen molar-refractivity contribution < 1.29 is 28.6 Å². The maximum absolute atomic E-state index is 13.5. The van der Waals surface area contributed by atoms with Crippen LogP contribution in [-0.4, -0.2) is 62.6 Å². The molecule has 3 saturated carbocycles. The fraction of sp³-hybridized carbons (Fsp3) is 0.600. The normalized spacial score (nSPS) is 36.1. The van der Waals surface area contributed by atoms with E-state index in [-0.39, 0.29) is 34.9 Å². The van der Waals surface area contributed by atoms with Crippen LogP contribution in [0, 0.1) is 34.5 Å². The van der Waals surface area contributed by atoms with Crippen molar-refractivity contribution in [2.75, 3.05) is 20.0 Å². The van der Waals surface area contributed by atoms with Gasteiger partial charge in [0.15, 0.2) is 5.60 Å². The van der Waals surface area contributed by atoms with E-state index in [0.717, 1.165) is 48.7 Å². The highest BCUT2D eigenvalue weighted by Gasteiger charge is 2.70. The highest BCUT2D eigenvalue weighted by molar-refractivity contribution is 8.13. The Labute approximate surface area is 237 Å². The molecule has 2 aromatic rings. The van der Waals surface area contributed by atoms with E-state index >= 15 is 0 Å². The summed E-state index contributed by atoms with van der Waals surface area (Å²) < 4.78 is 26.3. The molecule has 0 radical (unpaired) electrons. The number of esters is 1. The number of aliphatic hydroxyl groups excluding tert-OH is 1. The third-order valence-corrected chi connectivity index (χ3v) is 11.3. The summed E-state index contributed by atoms with van der Waals surface area (Å²) in [5.41, 5.74) is 1.83. The smallest absolute Gasteiger partial charge is 0.333 e. The van der Waals surface area contributed by atoms with Gasteiger partial charge in [0.1, 0.15) is 6.61 Å². The number of methoxy groups -OCH3 is 1. The molecule has 4 aliphatic rings. The second-order valence-corrected chi connectivity index (χ2v) is 13.1. The van der Waals surface area contributed by atoms with Crippen molar-refractivity contribution in [2.45, 2.75) is 64.1 Å². The number of allylic oxidation sites excluding steroid dienone is 1. The van der Waals surface area contributed by atoms with Gasteiger partial charge in [0, 0.05) is 12.5 Å². The minimum Gasteiger partial charge on any atom is -0.448 e. The number of hydrogen-bond acceptors (Lipinski definition) is 8. The van der Waals surface area contributed by atoms with Crippen molar-refractivity contribution >= 4 is 28.9 Å². The molecule has 6 rings (SSSR count). The molecule has 0 bridgehead atoms. The molecule has 7 atom stereocenters. The Morgan fingerprint density at radius 3 is 2.75 bits per heavy atom. The van der Waals surface area contributed by atoms with Gasteiger partial charge in [0.2, 0.25) is 11.1 Å². The number of aromatic nitrogens is 3. The first-order valence-electron chi connectivity index (χ1n) is 13.9. The summed E-state index contributed by atoms with van der Waals surface area (Å²) in [7, 11) is 1.43. The number of pyridine rings is 1. The molecule has 0 aliphatic heterocycles. The van der Waals surface area contributed by atoms with Gasteiger partial charge in [-0.3, -0.25) is 4.79 Å². The topological polar surface area (TPSA) is 104 Å². The molecule has 0 spiro atoms. The van der Waals surface area contributed by atoms with Crippen molar-refractivity contribution in [3.63, 3.8) is 0 Å². The second-order valence-electron chi connectivity index (χ2n) is 12.4. The van der Waals surface area contributed by atoms with Crippen molar-refractivity contribution in [1.29, 1.82) is 0 Å². The van der Waals surface area contributed by atoms with Gasteiger partial charge in [-0.05, 0) is 91.7 Å². The van der Waals surface area contributed by atoms with E-state index < -0.39 is 29.0 Å². The second kappa shape index (κ2) is 9.77. The first kappa shape index (κ1) is 27.6. The van der Waals surface area contributed by atoms with E-state index in [1.54, 1.807) is 12.3 Å². The molecule has 0 unspecified atom stereocenters. The summed E-state index contributed by atoms with van der Waals surface area (Å²) in [6.45, 7) is 4.09.